The van der Waals surface area contributed by atoms with Gasteiger partial charge in [0.1, 0.15) is 6.61 Å². The molecular formula is C16H30F2O5S. The molecule has 1 fully saturated rings. The molecule has 1 aliphatic rings. The van der Waals surface area contributed by atoms with Crippen LogP contribution in [0.3, 0.4) is 0 Å². The van der Waals surface area contributed by atoms with Gasteiger partial charge in [-0.15, -0.1) is 0 Å². The molecular weight excluding hydrogens is 342 g/mol. The minimum Gasteiger partial charge on any atom is -0.389 e. The summed E-state index contributed by atoms with van der Waals surface area (Å²) in [6, 6.07) is 0. The Morgan fingerprint density at radius 2 is 1.83 bits per heavy atom. The maximum absolute atomic E-state index is 13.0. The van der Waals surface area contributed by atoms with Crippen molar-refractivity contribution in [2.75, 3.05) is 13.2 Å². The van der Waals surface area contributed by atoms with Crippen LogP contribution in [0.1, 0.15) is 65.2 Å². The highest BCUT2D eigenvalue weighted by Gasteiger charge is 2.45. The van der Waals surface area contributed by atoms with E-state index in [0.717, 1.165) is 38.5 Å². The molecule has 3 unspecified atom stereocenters. The molecule has 0 aliphatic heterocycles. The predicted molar refractivity (Wildman–Crippen MR) is 87.5 cm³/mol. The molecule has 1 saturated carbocycles. The number of alkyl halides is 2. The first-order chi connectivity index (χ1) is 11.1. The quantitative estimate of drug-likeness (QED) is 0.452. The molecule has 144 valence electrons. The van der Waals surface area contributed by atoms with Crippen molar-refractivity contribution in [3.63, 3.8) is 0 Å². The first kappa shape index (κ1) is 21.7. The average Bonchev–Trinajstić information content (AvgIpc) is 2.50. The minimum atomic E-state index is -5.43. The largest absolute Gasteiger partial charge is 0.392 e. The van der Waals surface area contributed by atoms with Gasteiger partial charge in [0.05, 0.1) is 5.60 Å². The molecule has 3 atom stereocenters. The van der Waals surface area contributed by atoms with Gasteiger partial charge >= 0.3 is 15.4 Å². The highest BCUT2D eigenvalue weighted by atomic mass is 32.2. The van der Waals surface area contributed by atoms with Gasteiger partial charge in [0.2, 0.25) is 0 Å². The molecule has 0 saturated heterocycles. The van der Waals surface area contributed by atoms with E-state index in [2.05, 4.69) is 11.7 Å². The van der Waals surface area contributed by atoms with Crippen molar-refractivity contribution < 1.29 is 31.6 Å². The second kappa shape index (κ2) is 8.87. The highest BCUT2D eigenvalue weighted by Crippen LogP contribution is 2.44. The van der Waals surface area contributed by atoms with E-state index in [0.29, 0.717) is 18.8 Å². The standard InChI is InChI=1S/C16H30F2O5S/c1-3-13-9-7-10-14(15(13,19)4-2)8-5-6-11-23-12-16(17,18)24(20,21)22/h13-14,19H,3-12H2,1-2H3,(H,20,21,22). The van der Waals surface area contributed by atoms with Gasteiger partial charge in [0.25, 0.3) is 0 Å². The smallest absolute Gasteiger partial charge is 0.389 e. The van der Waals surface area contributed by atoms with Crippen molar-refractivity contribution in [3.05, 3.63) is 0 Å². The third-order valence-corrected chi connectivity index (χ3v) is 6.19. The predicted octanol–water partition coefficient (Wildman–Crippen LogP) is 3.62. The van der Waals surface area contributed by atoms with Crippen LogP contribution in [0, 0.1) is 11.8 Å². The van der Waals surface area contributed by atoms with E-state index in [9.17, 15) is 22.3 Å². The van der Waals surface area contributed by atoms with Crippen LogP contribution in [0.5, 0.6) is 0 Å². The fourth-order valence-corrected chi connectivity index (χ4v) is 4.07. The third kappa shape index (κ3) is 5.34. The molecule has 0 amide bonds. The number of ether oxygens (including phenoxy) is 1. The van der Waals surface area contributed by atoms with Crippen LogP contribution in [0.15, 0.2) is 0 Å². The van der Waals surface area contributed by atoms with Crippen molar-refractivity contribution >= 4 is 10.1 Å². The van der Waals surface area contributed by atoms with Crippen LogP contribution in [0.2, 0.25) is 0 Å². The molecule has 0 aromatic carbocycles. The van der Waals surface area contributed by atoms with E-state index in [1.165, 1.54) is 0 Å². The second-order valence-electron chi connectivity index (χ2n) is 6.74. The van der Waals surface area contributed by atoms with Gasteiger partial charge in [-0.1, -0.05) is 33.1 Å². The number of hydrogen-bond acceptors (Lipinski definition) is 4. The fraction of sp³-hybridized carbons (Fsp3) is 1.00. The van der Waals surface area contributed by atoms with Gasteiger partial charge < -0.3 is 9.84 Å². The summed E-state index contributed by atoms with van der Waals surface area (Å²) in [6.07, 6.45) is 6.83. The summed E-state index contributed by atoms with van der Waals surface area (Å²) in [5, 5.41) is 6.70. The van der Waals surface area contributed by atoms with Crippen LogP contribution in [0.4, 0.5) is 8.78 Å². The van der Waals surface area contributed by atoms with E-state index in [-0.39, 0.29) is 12.5 Å². The summed E-state index contributed by atoms with van der Waals surface area (Å²) in [4.78, 5) is 0. The van der Waals surface area contributed by atoms with Gasteiger partial charge in [-0.25, -0.2) is 0 Å². The lowest BCUT2D eigenvalue weighted by Gasteiger charge is -2.46. The highest BCUT2D eigenvalue weighted by molar-refractivity contribution is 7.86. The lowest BCUT2D eigenvalue weighted by Crippen LogP contribution is -2.47. The van der Waals surface area contributed by atoms with Crippen LogP contribution in [0.25, 0.3) is 0 Å². The third-order valence-electron chi connectivity index (χ3n) is 5.32. The Morgan fingerprint density at radius 3 is 2.38 bits per heavy atom. The molecule has 0 aromatic heterocycles. The molecule has 5 nitrogen and oxygen atoms in total. The van der Waals surface area contributed by atoms with Crippen molar-refractivity contribution in [1.82, 2.24) is 0 Å². The number of rotatable bonds is 10. The minimum absolute atomic E-state index is 0.000407. The molecule has 0 bridgehead atoms. The Hall–Kier alpha value is -0.310. The Labute approximate surface area is 143 Å². The molecule has 1 rings (SSSR count). The van der Waals surface area contributed by atoms with E-state index < -0.39 is 27.6 Å². The maximum atomic E-state index is 13.0. The fourth-order valence-electron chi connectivity index (χ4n) is 3.83. The summed E-state index contributed by atoms with van der Waals surface area (Å²) in [7, 11) is -5.43. The molecule has 24 heavy (non-hydrogen) atoms. The molecule has 1 aliphatic carbocycles. The Balaban J connectivity index is 2.34. The van der Waals surface area contributed by atoms with Gasteiger partial charge in [-0.3, -0.25) is 4.55 Å². The Kier molecular flexibility index (Phi) is 8.03. The van der Waals surface area contributed by atoms with Crippen molar-refractivity contribution in [2.24, 2.45) is 11.8 Å². The van der Waals surface area contributed by atoms with Gasteiger partial charge in [-0.05, 0) is 43.9 Å². The van der Waals surface area contributed by atoms with E-state index in [1.807, 2.05) is 6.92 Å². The van der Waals surface area contributed by atoms with Gasteiger partial charge in [0, 0.05) is 6.61 Å². The lowest BCUT2D eigenvalue weighted by atomic mass is 9.65. The number of aliphatic hydroxyl groups is 1. The zero-order valence-electron chi connectivity index (χ0n) is 14.5. The van der Waals surface area contributed by atoms with Crippen molar-refractivity contribution in [3.8, 4) is 0 Å². The molecule has 0 spiro atoms. The SMILES string of the molecule is CCC1CCCC(CCCCOCC(F)(F)S(=O)(=O)O)C1(O)CC. The zero-order valence-corrected chi connectivity index (χ0v) is 15.3. The van der Waals surface area contributed by atoms with E-state index >= 15 is 0 Å². The first-order valence-electron chi connectivity index (χ1n) is 8.73. The van der Waals surface area contributed by atoms with Gasteiger partial charge in [-0.2, -0.15) is 17.2 Å². The first-order valence-corrected chi connectivity index (χ1v) is 10.2. The Morgan fingerprint density at radius 1 is 1.21 bits per heavy atom. The van der Waals surface area contributed by atoms with Crippen molar-refractivity contribution in [2.45, 2.75) is 76.1 Å². The van der Waals surface area contributed by atoms with Gasteiger partial charge in [0.15, 0.2) is 0 Å². The maximum Gasteiger partial charge on any atom is 0.392 e. The summed E-state index contributed by atoms with van der Waals surface area (Å²) < 4.78 is 59.9. The monoisotopic (exact) mass is 372 g/mol. The van der Waals surface area contributed by atoms with Crippen LogP contribution in [-0.2, 0) is 14.9 Å². The normalized spacial score (nSPS) is 28.9. The second-order valence-corrected chi connectivity index (χ2v) is 8.29. The molecule has 0 heterocycles. The summed E-state index contributed by atoms with van der Waals surface area (Å²) in [5.74, 6) is 0.520. The summed E-state index contributed by atoms with van der Waals surface area (Å²) >= 11 is 0. The number of unbranched alkanes of at least 4 members (excludes halogenated alkanes) is 1. The van der Waals surface area contributed by atoms with E-state index in [4.69, 9.17) is 4.55 Å². The molecule has 8 heteroatoms. The van der Waals surface area contributed by atoms with Crippen molar-refractivity contribution in [1.29, 1.82) is 0 Å². The summed E-state index contributed by atoms with van der Waals surface area (Å²) in [5.41, 5.74) is -0.647. The van der Waals surface area contributed by atoms with Crippen LogP contribution < -0.4 is 0 Å². The molecule has 0 radical (unpaired) electrons. The summed E-state index contributed by atoms with van der Waals surface area (Å²) in [6.45, 7) is 2.75. The number of halogens is 2. The van der Waals surface area contributed by atoms with Crippen LogP contribution in [-0.4, -0.2) is 42.1 Å². The molecule has 0 aromatic rings. The zero-order chi connectivity index (χ0) is 18.4. The Bertz CT molecular complexity index is 483. The topological polar surface area (TPSA) is 83.8 Å². The number of hydrogen-bond donors (Lipinski definition) is 2. The van der Waals surface area contributed by atoms with E-state index in [1.54, 1.807) is 0 Å². The lowest BCUT2D eigenvalue weighted by molar-refractivity contribution is -0.102. The van der Waals surface area contributed by atoms with Crippen LogP contribution >= 0.6 is 0 Å². The average molecular weight is 372 g/mol. The molecule has 2 N–H and O–H groups in total.